The highest BCUT2D eigenvalue weighted by atomic mass is 15.3. The SMILES string of the molecule is CNC1CCC(N2CCN(CC(C)C)CC2)C1. The van der Waals surface area contributed by atoms with Gasteiger partial charge in [-0.05, 0) is 32.2 Å². The second-order valence-corrected chi connectivity index (χ2v) is 6.18. The standard InChI is InChI=1S/C14H29N3/c1-12(2)11-16-6-8-17(9-7-16)14-5-4-13(10-14)15-3/h12-15H,4-11H2,1-3H3. The highest BCUT2D eigenvalue weighted by Gasteiger charge is 2.30. The molecular formula is C14H29N3. The van der Waals surface area contributed by atoms with Crippen LogP contribution in [-0.2, 0) is 0 Å². The van der Waals surface area contributed by atoms with E-state index in [9.17, 15) is 0 Å². The van der Waals surface area contributed by atoms with E-state index in [2.05, 4.69) is 36.0 Å². The fraction of sp³-hybridized carbons (Fsp3) is 1.00. The Balaban J connectivity index is 1.72. The minimum Gasteiger partial charge on any atom is -0.317 e. The van der Waals surface area contributed by atoms with E-state index < -0.39 is 0 Å². The molecule has 3 heteroatoms. The molecule has 0 radical (unpaired) electrons. The van der Waals surface area contributed by atoms with Crippen LogP contribution >= 0.6 is 0 Å². The maximum absolute atomic E-state index is 3.43. The van der Waals surface area contributed by atoms with E-state index in [4.69, 9.17) is 0 Å². The number of hydrogen-bond donors (Lipinski definition) is 1. The predicted octanol–water partition coefficient (Wildman–Crippen LogP) is 1.40. The summed E-state index contributed by atoms with van der Waals surface area (Å²) < 4.78 is 0. The first-order chi connectivity index (χ1) is 8.19. The Kier molecular flexibility index (Phi) is 4.83. The summed E-state index contributed by atoms with van der Waals surface area (Å²) in [6.07, 6.45) is 4.13. The highest BCUT2D eigenvalue weighted by molar-refractivity contribution is 4.88. The molecule has 3 nitrogen and oxygen atoms in total. The summed E-state index contributed by atoms with van der Waals surface area (Å²) in [5, 5.41) is 3.43. The molecular weight excluding hydrogens is 210 g/mol. The van der Waals surface area contributed by atoms with Crippen LogP contribution in [0.25, 0.3) is 0 Å². The van der Waals surface area contributed by atoms with E-state index in [-0.39, 0.29) is 0 Å². The second-order valence-electron chi connectivity index (χ2n) is 6.18. The molecule has 0 bridgehead atoms. The average molecular weight is 239 g/mol. The van der Waals surface area contributed by atoms with Gasteiger partial charge in [0.05, 0.1) is 0 Å². The van der Waals surface area contributed by atoms with Gasteiger partial charge in [-0.25, -0.2) is 0 Å². The summed E-state index contributed by atoms with van der Waals surface area (Å²) >= 11 is 0. The third-order valence-corrected chi connectivity index (χ3v) is 4.36. The smallest absolute Gasteiger partial charge is 0.0113 e. The maximum Gasteiger partial charge on any atom is 0.0113 e. The van der Waals surface area contributed by atoms with Crippen LogP contribution in [0, 0.1) is 5.92 Å². The van der Waals surface area contributed by atoms with E-state index in [0.717, 1.165) is 18.0 Å². The topological polar surface area (TPSA) is 18.5 Å². The Hall–Kier alpha value is -0.120. The van der Waals surface area contributed by atoms with Crippen LogP contribution in [0.4, 0.5) is 0 Å². The molecule has 0 aromatic carbocycles. The van der Waals surface area contributed by atoms with E-state index in [1.165, 1.54) is 52.0 Å². The number of nitrogens with one attached hydrogen (secondary N) is 1. The monoisotopic (exact) mass is 239 g/mol. The average Bonchev–Trinajstić information content (AvgIpc) is 2.78. The fourth-order valence-electron chi connectivity index (χ4n) is 3.38. The van der Waals surface area contributed by atoms with Crippen molar-refractivity contribution in [3.63, 3.8) is 0 Å². The molecule has 0 spiro atoms. The van der Waals surface area contributed by atoms with Gasteiger partial charge in [0, 0.05) is 44.8 Å². The molecule has 1 saturated heterocycles. The lowest BCUT2D eigenvalue weighted by Crippen LogP contribution is -2.50. The van der Waals surface area contributed by atoms with Crippen LogP contribution in [0.2, 0.25) is 0 Å². The summed E-state index contributed by atoms with van der Waals surface area (Å²) in [7, 11) is 2.10. The Bertz CT molecular complexity index is 222. The van der Waals surface area contributed by atoms with Crippen LogP contribution in [0.1, 0.15) is 33.1 Å². The zero-order valence-electron chi connectivity index (χ0n) is 11.8. The first kappa shape index (κ1) is 13.3. The summed E-state index contributed by atoms with van der Waals surface area (Å²) in [6.45, 7) is 11.0. The molecule has 2 aliphatic rings. The predicted molar refractivity (Wildman–Crippen MR) is 73.3 cm³/mol. The third-order valence-electron chi connectivity index (χ3n) is 4.36. The molecule has 0 aromatic rings. The summed E-state index contributed by atoms with van der Waals surface area (Å²) in [4.78, 5) is 5.36. The van der Waals surface area contributed by atoms with Crippen LogP contribution in [-0.4, -0.2) is 61.7 Å². The molecule has 0 amide bonds. The van der Waals surface area contributed by atoms with Gasteiger partial charge >= 0.3 is 0 Å². The van der Waals surface area contributed by atoms with Crippen LogP contribution in [0.3, 0.4) is 0 Å². The van der Waals surface area contributed by atoms with Gasteiger partial charge in [-0.3, -0.25) is 4.90 Å². The lowest BCUT2D eigenvalue weighted by Gasteiger charge is -2.38. The minimum absolute atomic E-state index is 0.772. The molecule has 100 valence electrons. The number of piperazine rings is 1. The lowest BCUT2D eigenvalue weighted by molar-refractivity contribution is 0.0900. The molecule has 2 rings (SSSR count). The van der Waals surface area contributed by atoms with Crippen molar-refractivity contribution < 1.29 is 0 Å². The molecule has 2 unspecified atom stereocenters. The summed E-state index contributed by atoms with van der Waals surface area (Å²) in [5.41, 5.74) is 0. The molecule has 0 aromatic heterocycles. The number of hydrogen-bond acceptors (Lipinski definition) is 3. The first-order valence-corrected chi connectivity index (χ1v) is 7.32. The molecule has 1 aliphatic carbocycles. The molecule has 1 heterocycles. The van der Waals surface area contributed by atoms with Crippen molar-refractivity contribution >= 4 is 0 Å². The van der Waals surface area contributed by atoms with Crippen LogP contribution < -0.4 is 5.32 Å². The second kappa shape index (κ2) is 6.17. The van der Waals surface area contributed by atoms with Crippen molar-refractivity contribution in [2.45, 2.75) is 45.2 Å². The van der Waals surface area contributed by atoms with Crippen LogP contribution in [0.15, 0.2) is 0 Å². The largest absolute Gasteiger partial charge is 0.317 e. The van der Waals surface area contributed by atoms with Crippen molar-refractivity contribution in [1.82, 2.24) is 15.1 Å². The van der Waals surface area contributed by atoms with Gasteiger partial charge in [0.25, 0.3) is 0 Å². The zero-order chi connectivity index (χ0) is 12.3. The molecule has 1 N–H and O–H groups in total. The van der Waals surface area contributed by atoms with Crippen molar-refractivity contribution in [2.24, 2.45) is 5.92 Å². The quantitative estimate of drug-likeness (QED) is 0.800. The van der Waals surface area contributed by atoms with Crippen LogP contribution in [0.5, 0.6) is 0 Å². The number of nitrogens with zero attached hydrogens (tertiary/aromatic N) is 2. The van der Waals surface area contributed by atoms with Gasteiger partial charge in [-0.15, -0.1) is 0 Å². The van der Waals surface area contributed by atoms with E-state index in [1.54, 1.807) is 0 Å². The summed E-state index contributed by atoms with van der Waals surface area (Å²) in [5.74, 6) is 0.807. The van der Waals surface area contributed by atoms with Crippen molar-refractivity contribution in [1.29, 1.82) is 0 Å². The van der Waals surface area contributed by atoms with Crippen molar-refractivity contribution in [3.8, 4) is 0 Å². The summed E-state index contributed by atoms with van der Waals surface area (Å²) in [6, 6.07) is 1.63. The molecule has 2 atom stereocenters. The van der Waals surface area contributed by atoms with Gasteiger partial charge in [-0.1, -0.05) is 13.8 Å². The van der Waals surface area contributed by atoms with E-state index in [1.807, 2.05) is 0 Å². The third kappa shape index (κ3) is 3.67. The Labute approximate surface area is 107 Å². The van der Waals surface area contributed by atoms with Crippen molar-refractivity contribution in [3.05, 3.63) is 0 Å². The van der Waals surface area contributed by atoms with E-state index in [0.29, 0.717) is 0 Å². The fourth-order valence-corrected chi connectivity index (χ4v) is 3.38. The molecule has 1 aliphatic heterocycles. The van der Waals surface area contributed by atoms with Gasteiger partial charge in [0.2, 0.25) is 0 Å². The molecule has 1 saturated carbocycles. The van der Waals surface area contributed by atoms with Gasteiger partial charge in [0.1, 0.15) is 0 Å². The first-order valence-electron chi connectivity index (χ1n) is 7.32. The highest BCUT2D eigenvalue weighted by Crippen LogP contribution is 2.24. The lowest BCUT2D eigenvalue weighted by atomic mass is 10.1. The van der Waals surface area contributed by atoms with E-state index >= 15 is 0 Å². The maximum atomic E-state index is 3.43. The van der Waals surface area contributed by atoms with Crippen molar-refractivity contribution in [2.75, 3.05) is 39.8 Å². The Morgan fingerprint density at radius 3 is 2.35 bits per heavy atom. The minimum atomic E-state index is 0.772. The Morgan fingerprint density at radius 2 is 1.82 bits per heavy atom. The Morgan fingerprint density at radius 1 is 1.12 bits per heavy atom. The molecule has 17 heavy (non-hydrogen) atoms. The zero-order valence-corrected chi connectivity index (χ0v) is 11.8. The van der Waals surface area contributed by atoms with Gasteiger partial charge in [-0.2, -0.15) is 0 Å². The normalized spacial score (nSPS) is 32.5. The number of rotatable bonds is 4. The van der Waals surface area contributed by atoms with Gasteiger partial charge in [0.15, 0.2) is 0 Å². The van der Waals surface area contributed by atoms with Gasteiger partial charge < -0.3 is 10.2 Å². The molecule has 2 fully saturated rings.